The molecule has 0 aromatic rings. The zero-order valence-electron chi connectivity index (χ0n) is 27.0. The molecule has 2 saturated carbocycles. The lowest BCUT2D eigenvalue weighted by Crippen LogP contribution is -2.35. The Morgan fingerprint density at radius 1 is 0.729 bits per heavy atom. The Hall–Kier alpha value is -4.24. The molecule has 4 N–H and O–H groups in total. The standard InChI is InChI=1S/C17H18N2O6.C15H20N2O4.CH5N/c20-11-5-6-12(21)19(11)25-13(22)2-1-7-18-16(23)14-9-3-4-10(8-9)15(14)17(18)24;18-7-5-16-11(19)2-1-6-17-14(20)12-9-3-4-10(8-9)13(12)15(17)21;1-2/h3-4,9-10,14-15H,1-2,5-8H2;3-4,9-10,12-13,18H,1-2,5-8H2,(H,16,19);2H2,1H3/t9?,10?,14-,15+;9?,10?,12-,13+;. The highest BCUT2D eigenvalue weighted by atomic mass is 16.7. The van der Waals surface area contributed by atoms with E-state index in [0.29, 0.717) is 18.0 Å². The van der Waals surface area contributed by atoms with Gasteiger partial charge in [-0.2, -0.15) is 0 Å². The zero-order chi connectivity index (χ0) is 34.7. The van der Waals surface area contributed by atoms with Crippen molar-refractivity contribution in [1.29, 1.82) is 0 Å². The van der Waals surface area contributed by atoms with Crippen LogP contribution in [0.15, 0.2) is 24.3 Å². The predicted molar refractivity (Wildman–Crippen MR) is 165 cm³/mol. The van der Waals surface area contributed by atoms with Crippen molar-refractivity contribution in [2.24, 2.45) is 53.1 Å². The molecule has 15 nitrogen and oxygen atoms in total. The number of nitrogens with zero attached hydrogens (tertiary/aromatic N) is 3. The lowest BCUT2D eigenvalue weighted by atomic mass is 9.85. The highest BCUT2D eigenvalue weighted by Gasteiger charge is 2.60. The molecule has 5 fully saturated rings. The molecule has 7 amide bonds. The van der Waals surface area contributed by atoms with E-state index in [1.54, 1.807) is 0 Å². The summed E-state index contributed by atoms with van der Waals surface area (Å²) in [6.45, 7) is 0.616. The summed E-state index contributed by atoms with van der Waals surface area (Å²) in [7, 11) is 1.50. The molecule has 0 aromatic carbocycles. The Kier molecular flexibility index (Phi) is 10.9. The van der Waals surface area contributed by atoms with E-state index in [0.717, 1.165) is 12.8 Å². The third-order valence-electron chi connectivity index (χ3n) is 10.3. The van der Waals surface area contributed by atoms with Gasteiger partial charge in [0.15, 0.2) is 0 Å². The molecule has 260 valence electrons. The highest BCUT2D eigenvalue weighted by molar-refractivity contribution is 6.07. The fraction of sp³-hybridized carbons (Fsp3) is 0.636. The number of hydroxylamine groups is 2. The molecule has 8 atom stereocenters. The molecule has 3 aliphatic heterocycles. The molecule has 4 bridgehead atoms. The molecule has 7 rings (SSSR count). The minimum Gasteiger partial charge on any atom is -0.395 e. The summed E-state index contributed by atoms with van der Waals surface area (Å²) in [6, 6.07) is 0. The maximum atomic E-state index is 12.5. The van der Waals surface area contributed by atoms with E-state index in [9.17, 15) is 38.4 Å². The summed E-state index contributed by atoms with van der Waals surface area (Å²) in [5.74, 6) is -2.36. The number of hydrogen-bond acceptors (Lipinski definition) is 11. The first-order chi connectivity index (χ1) is 23.1. The molecule has 0 spiro atoms. The Morgan fingerprint density at radius 2 is 1.12 bits per heavy atom. The largest absolute Gasteiger partial charge is 0.395 e. The number of carbonyl (C=O) groups is 8. The molecule has 0 radical (unpaired) electrons. The van der Waals surface area contributed by atoms with Crippen LogP contribution in [0, 0.1) is 47.3 Å². The number of allylic oxidation sites excluding steroid dienone is 4. The normalized spacial score (nSPS) is 31.7. The maximum Gasteiger partial charge on any atom is 0.333 e. The maximum absolute atomic E-state index is 12.5. The van der Waals surface area contributed by atoms with Gasteiger partial charge in [0.05, 0.1) is 30.3 Å². The summed E-state index contributed by atoms with van der Waals surface area (Å²) >= 11 is 0. The Labute approximate surface area is 277 Å². The molecule has 0 aromatic heterocycles. The van der Waals surface area contributed by atoms with Crippen LogP contribution in [0.1, 0.15) is 51.4 Å². The molecule has 7 aliphatic rings. The number of hydrogen-bond donors (Lipinski definition) is 3. The average Bonchev–Trinajstić information content (AvgIpc) is 3.96. The fourth-order valence-electron chi connectivity index (χ4n) is 8.24. The van der Waals surface area contributed by atoms with Crippen LogP contribution in [-0.2, 0) is 43.2 Å². The van der Waals surface area contributed by atoms with E-state index in [1.807, 2.05) is 12.2 Å². The second kappa shape index (κ2) is 14.9. The number of rotatable bonds is 11. The Morgan fingerprint density at radius 3 is 1.52 bits per heavy atom. The number of nitrogens with two attached hydrogens (primary N) is 1. The SMILES string of the molecule is CN.O=C(CCCN1C(=O)[C@@H]2C3C=CC(C3)[C@@H]2C1=O)NCCO.O=C(CCCN1C(=O)[C@@H]2C3C=CC(C3)[C@@H]2C1=O)ON1C(=O)CCC1=O. The van der Waals surface area contributed by atoms with E-state index < -0.39 is 17.8 Å². The minimum atomic E-state index is -0.718. The van der Waals surface area contributed by atoms with E-state index >= 15 is 0 Å². The van der Waals surface area contributed by atoms with Gasteiger partial charge in [-0.05, 0) is 56.4 Å². The molecule has 4 aliphatic carbocycles. The number of amides is 7. The van der Waals surface area contributed by atoms with Crippen molar-refractivity contribution in [1.82, 2.24) is 20.2 Å². The van der Waals surface area contributed by atoms with Gasteiger partial charge in [0.1, 0.15) is 0 Å². The lowest BCUT2D eigenvalue weighted by molar-refractivity contribution is -0.197. The third-order valence-corrected chi connectivity index (χ3v) is 10.3. The van der Waals surface area contributed by atoms with Gasteiger partial charge in [-0.3, -0.25) is 43.4 Å². The number of aliphatic hydroxyl groups excluding tert-OH is 1. The van der Waals surface area contributed by atoms with E-state index in [4.69, 9.17) is 9.94 Å². The highest BCUT2D eigenvalue weighted by Crippen LogP contribution is 2.53. The first-order valence-electron chi connectivity index (χ1n) is 16.7. The molecule has 48 heavy (non-hydrogen) atoms. The number of aliphatic hydroxyl groups is 1. The summed E-state index contributed by atoms with van der Waals surface area (Å²) in [5.41, 5.74) is 4.50. The van der Waals surface area contributed by atoms with Gasteiger partial charge in [0.25, 0.3) is 11.8 Å². The summed E-state index contributed by atoms with van der Waals surface area (Å²) < 4.78 is 0. The summed E-state index contributed by atoms with van der Waals surface area (Å²) in [5, 5.41) is 11.7. The quantitative estimate of drug-likeness (QED) is 0.187. The van der Waals surface area contributed by atoms with Crippen molar-refractivity contribution >= 4 is 47.3 Å². The van der Waals surface area contributed by atoms with Gasteiger partial charge in [-0.1, -0.05) is 24.3 Å². The van der Waals surface area contributed by atoms with E-state index in [2.05, 4.69) is 23.2 Å². The molecular formula is C33H43N5O10. The van der Waals surface area contributed by atoms with Crippen LogP contribution < -0.4 is 11.1 Å². The summed E-state index contributed by atoms with van der Waals surface area (Å²) in [6.07, 6.45) is 11.0. The van der Waals surface area contributed by atoms with Crippen LogP contribution >= 0.6 is 0 Å². The second-order valence-electron chi connectivity index (χ2n) is 13.0. The minimum absolute atomic E-state index is 0.0437. The van der Waals surface area contributed by atoms with Gasteiger partial charge in [-0.15, -0.1) is 5.06 Å². The zero-order valence-corrected chi connectivity index (χ0v) is 27.0. The average molecular weight is 670 g/mol. The first-order valence-corrected chi connectivity index (χ1v) is 16.7. The predicted octanol–water partition coefficient (Wildman–Crippen LogP) is -0.562. The first kappa shape index (κ1) is 35.1. The van der Waals surface area contributed by atoms with Crippen molar-refractivity contribution in [3.63, 3.8) is 0 Å². The van der Waals surface area contributed by atoms with Crippen LogP contribution in [0.3, 0.4) is 0 Å². The molecular weight excluding hydrogens is 626 g/mol. The molecule has 4 unspecified atom stereocenters. The Balaban J connectivity index is 0.000000181. The van der Waals surface area contributed by atoms with E-state index in [1.165, 1.54) is 16.8 Å². The van der Waals surface area contributed by atoms with Gasteiger partial charge in [0, 0.05) is 45.3 Å². The second-order valence-corrected chi connectivity index (χ2v) is 13.0. The van der Waals surface area contributed by atoms with Crippen LogP contribution in [0.5, 0.6) is 0 Å². The number of imide groups is 3. The van der Waals surface area contributed by atoms with E-state index in [-0.39, 0.29) is 129 Å². The van der Waals surface area contributed by atoms with Gasteiger partial charge < -0.3 is 21.0 Å². The topological polar surface area (TPSA) is 214 Å². The van der Waals surface area contributed by atoms with Crippen molar-refractivity contribution in [2.45, 2.75) is 51.4 Å². The smallest absolute Gasteiger partial charge is 0.333 e. The van der Waals surface area contributed by atoms with Crippen molar-refractivity contribution in [2.75, 3.05) is 33.3 Å². The van der Waals surface area contributed by atoms with Crippen LogP contribution in [0.25, 0.3) is 0 Å². The molecule has 15 heteroatoms. The molecule has 3 saturated heterocycles. The van der Waals surface area contributed by atoms with Gasteiger partial charge in [-0.25, -0.2) is 4.79 Å². The van der Waals surface area contributed by atoms with Crippen molar-refractivity contribution in [3.05, 3.63) is 24.3 Å². The number of carbonyl (C=O) groups excluding carboxylic acids is 8. The molecule has 3 heterocycles. The van der Waals surface area contributed by atoms with Gasteiger partial charge >= 0.3 is 5.97 Å². The van der Waals surface area contributed by atoms with Crippen molar-refractivity contribution < 1.29 is 48.3 Å². The Bertz CT molecular complexity index is 1350. The fourth-order valence-corrected chi connectivity index (χ4v) is 8.24. The number of likely N-dealkylation sites (tertiary alicyclic amines) is 2. The van der Waals surface area contributed by atoms with Crippen LogP contribution in [0.4, 0.5) is 0 Å². The number of fused-ring (bicyclic) bond motifs is 10. The lowest BCUT2D eigenvalue weighted by Gasteiger charge is -2.17. The monoisotopic (exact) mass is 669 g/mol. The number of nitrogens with one attached hydrogen (secondary N) is 1. The van der Waals surface area contributed by atoms with Crippen LogP contribution in [-0.4, -0.2) is 101 Å². The van der Waals surface area contributed by atoms with Crippen molar-refractivity contribution in [3.8, 4) is 0 Å². The van der Waals surface area contributed by atoms with Crippen LogP contribution in [0.2, 0.25) is 0 Å². The van der Waals surface area contributed by atoms with Gasteiger partial charge in [0.2, 0.25) is 29.5 Å². The third kappa shape index (κ3) is 6.57. The summed E-state index contributed by atoms with van der Waals surface area (Å²) in [4.78, 5) is 103.